The Kier molecular flexibility index (Phi) is 6.33. The zero-order valence-corrected chi connectivity index (χ0v) is 22.1. The maximum atomic E-state index is 14.1. The van der Waals surface area contributed by atoms with Crippen LogP contribution in [0.1, 0.15) is 44.9 Å². The number of thiazole rings is 1. The highest BCUT2D eigenvalue weighted by Crippen LogP contribution is 2.37. The molecule has 0 radical (unpaired) electrons. The summed E-state index contributed by atoms with van der Waals surface area (Å²) in [5, 5.41) is 0. The lowest BCUT2D eigenvalue weighted by molar-refractivity contribution is -0.139. The smallest absolute Gasteiger partial charge is 0.338 e. The van der Waals surface area contributed by atoms with E-state index in [1.165, 1.54) is 15.9 Å². The molecule has 9 heteroatoms. The van der Waals surface area contributed by atoms with Crippen molar-refractivity contribution in [2.75, 3.05) is 18.6 Å². The maximum absolute atomic E-state index is 14.1. The summed E-state index contributed by atoms with van der Waals surface area (Å²) in [5.74, 6) is -0.0988. The fourth-order valence-electron chi connectivity index (χ4n) is 4.92. The van der Waals surface area contributed by atoms with Gasteiger partial charge in [-0.2, -0.15) is 0 Å². The Hall–Kier alpha value is -3.98. The molecule has 0 fully saturated rings. The Balaban J connectivity index is 1.81. The average molecular weight is 518 g/mol. The number of anilines is 1. The topological polar surface area (TPSA) is 90.2 Å². The quantitative estimate of drug-likeness (QED) is 0.486. The van der Waals surface area contributed by atoms with Crippen molar-refractivity contribution < 1.29 is 19.1 Å². The maximum Gasteiger partial charge on any atom is 0.338 e. The Bertz CT molecular complexity index is 1630. The standard InChI is InChI=1S/C28H27N3O5S/c1-6-36-27(34)21-16(4)29-28-31(23(21)17-11-13-18(35-5)14-12-17)26(33)24(37-28)22-19-9-7-8-10-20(19)30(15(2)3)25(22)32/h7-15,23H,6H2,1-5H3/b24-22+/t23-/m0/s1. The normalized spacial score (nSPS) is 18.1. The predicted molar refractivity (Wildman–Crippen MR) is 141 cm³/mol. The van der Waals surface area contributed by atoms with Gasteiger partial charge in [0.25, 0.3) is 11.5 Å². The third-order valence-electron chi connectivity index (χ3n) is 6.53. The van der Waals surface area contributed by atoms with Gasteiger partial charge in [0.1, 0.15) is 10.3 Å². The summed E-state index contributed by atoms with van der Waals surface area (Å²) in [7, 11) is 1.57. The molecule has 190 valence electrons. The van der Waals surface area contributed by atoms with Crippen molar-refractivity contribution in [3.63, 3.8) is 0 Å². The molecule has 3 heterocycles. The van der Waals surface area contributed by atoms with Gasteiger partial charge in [-0.1, -0.05) is 41.7 Å². The van der Waals surface area contributed by atoms with Crippen LogP contribution >= 0.6 is 11.3 Å². The van der Waals surface area contributed by atoms with Gasteiger partial charge in [0.05, 0.1) is 42.3 Å². The molecular weight excluding hydrogens is 490 g/mol. The molecule has 2 aromatic carbocycles. The van der Waals surface area contributed by atoms with Gasteiger partial charge < -0.3 is 14.4 Å². The first-order valence-corrected chi connectivity index (χ1v) is 12.9. The highest BCUT2D eigenvalue weighted by atomic mass is 32.1. The van der Waals surface area contributed by atoms with Crippen molar-refractivity contribution >= 4 is 34.5 Å². The second-order valence-corrected chi connectivity index (χ2v) is 10.0. The molecule has 1 aromatic heterocycles. The van der Waals surface area contributed by atoms with Gasteiger partial charge in [0, 0.05) is 11.6 Å². The molecule has 0 unspecified atom stereocenters. The van der Waals surface area contributed by atoms with Crippen LogP contribution in [0.5, 0.6) is 5.75 Å². The summed E-state index contributed by atoms with van der Waals surface area (Å²) in [6.45, 7) is 7.54. The molecular formula is C28H27N3O5S. The number of hydrogen-bond donors (Lipinski definition) is 0. The Morgan fingerprint density at radius 3 is 2.46 bits per heavy atom. The Morgan fingerprint density at radius 1 is 1.11 bits per heavy atom. The van der Waals surface area contributed by atoms with Crippen LogP contribution in [0.15, 0.2) is 69.6 Å². The van der Waals surface area contributed by atoms with Gasteiger partial charge in [0.15, 0.2) is 4.80 Å². The van der Waals surface area contributed by atoms with E-state index in [1.54, 1.807) is 38.0 Å². The zero-order valence-electron chi connectivity index (χ0n) is 21.3. The molecule has 3 aromatic rings. The summed E-state index contributed by atoms with van der Waals surface area (Å²) in [4.78, 5) is 47.6. The Morgan fingerprint density at radius 2 is 1.81 bits per heavy atom. The molecule has 1 atom stereocenters. The number of para-hydroxylation sites is 1. The van der Waals surface area contributed by atoms with Crippen molar-refractivity contribution in [3.05, 3.63) is 90.6 Å². The number of nitrogens with zero attached hydrogens (tertiary/aromatic N) is 3. The van der Waals surface area contributed by atoms with E-state index in [-0.39, 0.29) is 29.7 Å². The van der Waals surface area contributed by atoms with E-state index in [9.17, 15) is 14.4 Å². The number of carbonyl (C=O) groups is 2. The summed E-state index contributed by atoms with van der Waals surface area (Å²) in [5.41, 5.74) is 2.95. The number of ether oxygens (including phenoxy) is 2. The lowest BCUT2D eigenvalue weighted by atomic mass is 9.96. The van der Waals surface area contributed by atoms with Gasteiger partial charge in [0.2, 0.25) is 0 Å². The van der Waals surface area contributed by atoms with Crippen LogP contribution < -0.4 is 24.5 Å². The lowest BCUT2D eigenvalue weighted by Gasteiger charge is -2.24. The number of amides is 1. The minimum Gasteiger partial charge on any atom is -0.497 e. The molecule has 1 amide bonds. The second-order valence-electron chi connectivity index (χ2n) is 9.06. The average Bonchev–Trinajstić information content (AvgIpc) is 3.35. The van der Waals surface area contributed by atoms with Gasteiger partial charge in [-0.05, 0) is 51.5 Å². The summed E-state index contributed by atoms with van der Waals surface area (Å²) >= 11 is 1.17. The van der Waals surface area contributed by atoms with Crippen molar-refractivity contribution in [2.24, 2.45) is 4.99 Å². The predicted octanol–water partition coefficient (Wildman–Crippen LogP) is 2.93. The third-order valence-corrected chi connectivity index (χ3v) is 7.59. The molecule has 2 aliphatic heterocycles. The van der Waals surface area contributed by atoms with Gasteiger partial charge in [-0.3, -0.25) is 14.2 Å². The van der Waals surface area contributed by atoms with E-state index < -0.39 is 12.0 Å². The SMILES string of the molecule is CCOC(=O)C1=C(C)N=c2s/c(=C3/C(=O)N(C(C)C)c4ccccc43)c(=O)n2[C@H]1c1ccc(OC)cc1. The molecule has 0 bridgehead atoms. The number of aromatic nitrogens is 1. The fraction of sp³-hybridized carbons (Fsp3) is 0.286. The molecule has 0 spiro atoms. The van der Waals surface area contributed by atoms with E-state index >= 15 is 0 Å². The van der Waals surface area contributed by atoms with Crippen LogP contribution in [0.25, 0.3) is 5.57 Å². The van der Waals surface area contributed by atoms with Crippen molar-refractivity contribution in [3.8, 4) is 5.75 Å². The van der Waals surface area contributed by atoms with E-state index in [2.05, 4.69) is 4.99 Å². The van der Waals surface area contributed by atoms with Crippen molar-refractivity contribution in [2.45, 2.75) is 39.8 Å². The molecule has 2 aliphatic rings. The largest absolute Gasteiger partial charge is 0.497 e. The molecule has 5 rings (SSSR count). The molecule has 37 heavy (non-hydrogen) atoms. The second kappa shape index (κ2) is 9.48. The monoisotopic (exact) mass is 517 g/mol. The van der Waals surface area contributed by atoms with Crippen LogP contribution in [-0.4, -0.2) is 36.2 Å². The van der Waals surface area contributed by atoms with Crippen molar-refractivity contribution in [1.82, 2.24) is 4.57 Å². The van der Waals surface area contributed by atoms with Crippen LogP contribution in [0.3, 0.4) is 0 Å². The number of carbonyl (C=O) groups excluding carboxylic acids is 2. The first-order chi connectivity index (χ1) is 17.8. The Labute approximate surface area is 217 Å². The number of benzene rings is 2. The molecule has 0 saturated carbocycles. The summed E-state index contributed by atoms with van der Waals surface area (Å²) in [6.07, 6.45) is 0. The zero-order chi connectivity index (χ0) is 26.4. The number of methoxy groups -OCH3 is 1. The van der Waals surface area contributed by atoms with Gasteiger partial charge in [-0.15, -0.1) is 0 Å². The van der Waals surface area contributed by atoms with Gasteiger partial charge in [-0.25, -0.2) is 9.79 Å². The summed E-state index contributed by atoms with van der Waals surface area (Å²) < 4.78 is 12.5. The van der Waals surface area contributed by atoms with E-state index in [4.69, 9.17) is 9.47 Å². The third kappa shape index (κ3) is 3.90. The molecule has 0 N–H and O–H groups in total. The number of allylic oxidation sites excluding steroid dienone is 1. The highest BCUT2D eigenvalue weighted by Gasteiger charge is 2.38. The van der Waals surface area contributed by atoms with E-state index in [0.29, 0.717) is 37.5 Å². The number of rotatable bonds is 5. The fourth-order valence-corrected chi connectivity index (χ4v) is 6.05. The minimum absolute atomic E-state index is 0.0837. The number of hydrogen-bond acceptors (Lipinski definition) is 7. The van der Waals surface area contributed by atoms with E-state index in [0.717, 1.165) is 5.69 Å². The number of esters is 1. The van der Waals surface area contributed by atoms with Crippen LogP contribution in [0.2, 0.25) is 0 Å². The molecule has 0 aliphatic carbocycles. The van der Waals surface area contributed by atoms with Crippen LogP contribution in [0.4, 0.5) is 5.69 Å². The van der Waals surface area contributed by atoms with Gasteiger partial charge >= 0.3 is 5.97 Å². The lowest BCUT2D eigenvalue weighted by Crippen LogP contribution is -2.41. The minimum atomic E-state index is -0.761. The van der Waals surface area contributed by atoms with Crippen LogP contribution in [0, 0.1) is 0 Å². The first kappa shape index (κ1) is 24.7. The number of fused-ring (bicyclic) bond motifs is 2. The molecule has 0 saturated heterocycles. The van der Waals surface area contributed by atoms with Crippen LogP contribution in [-0.2, 0) is 14.3 Å². The molecule has 8 nitrogen and oxygen atoms in total. The summed E-state index contributed by atoms with van der Waals surface area (Å²) in [6, 6.07) is 13.8. The highest BCUT2D eigenvalue weighted by molar-refractivity contribution is 7.07. The van der Waals surface area contributed by atoms with E-state index in [1.807, 2.05) is 50.2 Å². The van der Waals surface area contributed by atoms with Crippen molar-refractivity contribution in [1.29, 1.82) is 0 Å². The first-order valence-electron chi connectivity index (χ1n) is 12.1.